The van der Waals surface area contributed by atoms with Gasteiger partial charge in [0.15, 0.2) is 5.82 Å². The molecule has 0 aliphatic carbocycles. The summed E-state index contributed by atoms with van der Waals surface area (Å²) in [6.45, 7) is 1.84. The summed E-state index contributed by atoms with van der Waals surface area (Å²) >= 11 is 0. The van der Waals surface area contributed by atoms with Crippen molar-refractivity contribution in [1.82, 2.24) is 20.3 Å². The predicted octanol–water partition coefficient (Wildman–Crippen LogP) is 3.09. The lowest BCUT2D eigenvalue weighted by molar-refractivity contribution is 0.398. The van der Waals surface area contributed by atoms with Gasteiger partial charge in [-0.25, -0.2) is 9.97 Å². The molecule has 0 radical (unpaired) electrons. The zero-order valence-electron chi connectivity index (χ0n) is 16.3. The number of nitrogen functional groups attached to an aromatic ring is 1. The largest absolute Gasteiger partial charge is 0.481 e. The van der Waals surface area contributed by atoms with Crippen LogP contribution in [0.1, 0.15) is 12.8 Å². The summed E-state index contributed by atoms with van der Waals surface area (Å²) < 4.78 is 11.2. The maximum absolute atomic E-state index is 6.05. The Kier molecular flexibility index (Phi) is 5.71. The van der Waals surface area contributed by atoms with Crippen LogP contribution in [0.3, 0.4) is 0 Å². The van der Waals surface area contributed by atoms with E-state index in [1.165, 1.54) is 6.42 Å². The molecule has 4 rings (SSSR count). The Bertz CT molecular complexity index is 940. The summed E-state index contributed by atoms with van der Waals surface area (Å²) in [6, 6.07) is 11.3. The molecular weight excluding hydrogens is 368 g/mol. The van der Waals surface area contributed by atoms with Gasteiger partial charge in [0.25, 0.3) is 0 Å². The molecule has 0 bridgehead atoms. The first-order valence-electron chi connectivity index (χ1n) is 9.59. The maximum Gasteiger partial charge on any atom is 0.246 e. The third kappa shape index (κ3) is 4.72. The second-order valence-electron chi connectivity index (χ2n) is 6.85. The molecule has 4 N–H and O–H groups in total. The first kappa shape index (κ1) is 18.9. The lowest BCUT2D eigenvalue weighted by Crippen LogP contribution is -2.29. The number of nitrogens with two attached hydrogens (primary N) is 1. The molecule has 1 aliphatic rings. The fourth-order valence-electron chi connectivity index (χ4n) is 3.15. The first-order valence-corrected chi connectivity index (χ1v) is 9.59. The molecular formula is C21H24N6O2. The highest BCUT2D eigenvalue weighted by Crippen LogP contribution is 2.30. The van der Waals surface area contributed by atoms with Crippen LogP contribution in [-0.2, 0) is 0 Å². The normalized spacial score (nSPS) is 15.8. The molecule has 1 saturated heterocycles. The van der Waals surface area contributed by atoms with Gasteiger partial charge in [-0.15, -0.1) is 0 Å². The molecule has 3 heterocycles. The second-order valence-corrected chi connectivity index (χ2v) is 6.85. The number of nitrogens with one attached hydrogen (secondary N) is 2. The van der Waals surface area contributed by atoms with Gasteiger partial charge in [0.1, 0.15) is 11.4 Å². The van der Waals surface area contributed by atoms with E-state index in [1.807, 2.05) is 18.2 Å². The quantitative estimate of drug-likeness (QED) is 0.527. The molecule has 8 nitrogen and oxygen atoms in total. The summed E-state index contributed by atoms with van der Waals surface area (Å²) in [7, 11) is 1.58. The van der Waals surface area contributed by atoms with E-state index in [0.717, 1.165) is 30.8 Å². The molecule has 3 aromatic rings. The minimum atomic E-state index is 0.435. The number of methoxy groups -OCH3 is 1. The van der Waals surface area contributed by atoms with Crippen molar-refractivity contribution in [2.75, 3.05) is 31.2 Å². The smallest absolute Gasteiger partial charge is 0.246 e. The van der Waals surface area contributed by atoms with Crippen LogP contribution in [0.25, 0.3) is 11.4 Å². The average Bonchev–Trinajstić information content (AvgIpc) is 3.28. The van der Waals surface area contributed by atoms with Gasteiger partial charge in [-0.05, 0) is 49.7 Å². The molecule has 2 aromatic heterocycles. The molecule has 1 aromatic carbocycles. The third-order valence-corrected chi connectivity index (χ3v) is 4.75. The number of aromatic nitrogens is 3. The molecule has 0 amide bonds. The van der Waals surface area contributed by atoms with Gasteiger partial charge < -0.3 is 25.8 Å². The van der Waals surface area contributed by atoms with E-state index in [9.17, 15) is 0 Å². The van der Waals surface area contributed by atoms with E-state index in [1.54, 1.807) is 37.7 Å². The van der Waals surface area contributed by atoms with Crippen molar-refractivity contribution in [1.29, 1.82) is 0 Å². The Balaban J connectivity index is 1.60. The maximum atomic E-state index is 6.05. The minimum Gasteiger partial charge on any atom is -0.481 e. The molecule has 1 aliphatic heterocycles. The first-order chi connectivity index (χ1) is 14.2. The third-order valence-electron chi connectivity index (χ3n) is 4.75. The van der Waals surface area contributed by atoms with Crippen LogP contribution in [-0.4, -0.2) is 41.2 Å². The summed E-state index contributed by atoms with van der Waals surface area (Å²) in [5.41, 5.74) is 7.96. The Morgan fingerprint density at radius 3 is 2.69 bits per heavy atom. The van der Waals surface area contributed by atoms with E-state index >= 15 is 0 Å². The van der Waals surface area contributed by atoms with Crippen LogP contribution < -0.4 is 25.8 Å². The number of rotatable bonds is 7. The van der Waals surface area contributed by atoms with Gasteiger partial charge in [-0.2, -0.15) is 4.98 Å². The van der Waals surface area contributed by atoms with E-state index in [2.05, 4.69) is 25.6 Å². The highest BCUT2D eigenvalue weighted by atomic mass is 16.5. The van der Waals surface area contributed by atoms with Gasteiger partial charge in [0.05, 0.1) is 13.3 Å². The van der Waals surface area contributed by atoms with Crippen LogP contribution in [0, 0.1) is 0 Å². The summed E-state index contributed by atoms with van der Waals surface area (Å²) in [6.07, 6.45) is 5.77. The fourth-order valence-corrected chi connectivity index (χ4v) is 3.15. The Hall–Kier alpha value is -3.39. The van der Waals surface area contributed by atoms with E-state index in [-0.39, 0.29) is 0 Å². The number of nitrogens with zero attached hydrogens (tertiary/aromatic N) is 3. The molecule has 8 heteroatoms. The minimum absolute atomic E-state index is 0.435. The SMILES string of the molecule is COc1ccc(-c2ncc(NC[C@@H]3CCCN3)c(Oc3ccc(N)cc3)n2)cn1. The number of hydrogen-bond donors (Lipinski definition) is 3. The van der Waals surface area contributed by atoms with Gasteiger partial charge in [-0.3, -0.25) is 0 Å². The number of pyridine rings is 1. The van der Waals surface area contributed by atoms with Crippen LogP contribution in [0.5, 0.6) is 17.5 Å². The molecule has 0 spiro atoms. The van der Waals surface area contributed by atoms with Crippen LogP contribution in [0.4, 0.5) is 11.4 Å². The predicted molar refractivity (Wildman–Crippen MR) is 112 cm³/mol. The zero-order valence-corrected chi connectivity index (χ0v) is 16.3. The van der Waals surface area contributed by atoms with Crippen molar-refractivity contribution in [2.45, 2.75) is 18.9 Å². The van der Waals surface area contributed by atoms with Crippen LogP contribution >= 0.6 is 0 Å². The molecule has 29 heavy (non-hydrogen) atoms. The Labute approximate surface area is 169 Å². The van der Waals surface area contributed by atoms with Crippen molar-refractivity contribution >= 4 is 11.4 Å². The van der Waals surface area contributed by atoms with E-state index in [0.29, 0.717) is 35.1 Å². The lowest BCUT2D eigenvalue weighted by atomic mass is 10.2. The lowest BCUT2D eigenvalue weighted by Gasteiger charge is -2.16. The summed E-state index contributed by atoms with van der Waals surface area (Å²) in [5.74, 6) is 2.16. The van der Waals surface area contributed by atoms with E-state index in [4.69, 9.17) is 15.2 Å². The fraction of sp³-hybridized carbons (Fsp3) is 0.286. The summed E-state index contributed by atoms with van der Waals surface area (Å²) in [5, 5.41) is 6.88. The number of ether oxygens (including phenoxy) is 2. The van der Waals surface area contributed by atoms with Gasteiger partial charge >= 0.3 is 0 Å². The number of anilines is 2. The molecule has 0 saturated carbocycles. The monoisotopic (exact) mass is 392 g/mol. The van der Waals surface area contributed by atoms with Gasteiger partial charge in [-0.1, -0.05) is 0 Å². The topological polar surface area (TPSA) is 107 Å². The summed E-state index contributed by atoms with van der Waals surface area (Å²) in [4.78, 5) is 13.4. The Morgan fingerprint density at radius 2 is 2.00 bits per heavy atom. The van der Waals surface area contributed by atoms with Crippen molar-refractivity contribution in [2.24, 2.45) is 0 Å². The number of hydrogen-bond acceptors (Lipinski definition) is 8. The Morgan fingerprint density at radius 1 is 1.14 bits per heavy atom. The van der Waals surface area contributed by atoms with Crippen LogP contribution in [0.2, 0.25) is 0 Å². The zero-order chi connectivity index (χ0) is 20.1. The second kappa shape index (κ2) is 8.74. The highest BCUT2D eigenvalue weighted by molar-refractivity contribution is 5.60. The van der Waals surface area contributed by atoms with Gasteiger partial charge in [0, 0.05) is 36.1 Å². The van der Waals surface area contributed by atoms with Gasteiger partial charge in [0.2, 0.25) is 11.8 Å². The highest BCUT2D eigenvalue weighted by Gasteiger charge is 2.16. The molecule has 0 unspecified atom stereocenters. The standard InChI is InChI=1S/C21H24N6O2/c1-28-19-9-4-14(11-25-19)20-26-13-18(24-12-16-3-2-10-23-16)21(27-20)29-17-7-5-15(22)6-8-17/h4-9,11,13,16,23-24H,2-3,10,12,22H2,1H3/t16-/m0/s1. The van der Waals surface area contributed by atoms with Crippen molar-refractivity contribution < 1.29 is 9.47 Å². The van der Waals surface area contributed by atoms with Crippen molar-refractivity contribution in [3.8, 4) is 28.9 Å². The molecule has 150 valence electrons. The number of benzene rings is 1. The average molecular weight is 392 g/mol. The molecule has 1 atom stereocenters. The van der Waals surface area contributed by atoms with Crippen LogP contribution in [0.15, 0.2) is 48.8 Å². The molecule has 1 fully saturated rings. The van der Waals surface area contributed by atoms with Crippen molar-refractivity contribution in [3.05, 3.63) is 48.8 Å². The van der Waals surface area contributed by atoms with E-state index < -0.39 is 0 Å². The van der Waals surface area contributed by atoms with Crippen molar-refractivity contribution in [3.63, 3.8) is 0 Å².